The number of hydrogen-bond acceptors (Lipinski definition) is 4. The Kier molecular flexibility index (Phi) is 7.95. The summed E-state index contributed by atoms with van der Waals surface area (Å²) in [5.74, 6) is 1.57. The summed E-state index contributed by atoms with van der Waals surface area (Å²) in [6.45, 7) is 4.90. The van der Waals surface area contributed by atoms with Crippen LogP contribution in [-0.4, -0.2) is 45.3 Å². The Labute approximate surface area is 130 Å². The van der Waals surface area contributed by atoms with Crippen molar-refractivity contribution in [2.75, 3.05) is 40.4 Å². The van der Waals surface area contributed by atoms with E-state index in [9.17, 15) is 0 Å². The zero-order valence-corrected chi connectivity index (χ0v) is 14.2. The highest BCUT2D eigenvalue weighted by molar-refractivity contribution is 9.10. The lowest BCUT2D eigenvalue weighted by molar-refractivity contribution is 0.257. The van der Waals surface area contributed by atoms with E-state index in [1.165, 1.54) is 0 Å². The van der Waals surface area contributed by atoms with E-state index in [2.05, 4.69) is 41.0 Å². The van der Waals surface area contributed by atoms with Crippen molar-refractivity contribution in [3.63, 3.8) is 0 Å². The summed E-state index contributed by atoms with van der Waals surface area (Å²) in [5.41, 5.74) is 6.76. The van der Waals surface area contributed by atoms with Crippen LogP contribution < -0.4 is 15.2 Å². The highest BCUT2D eigenvalue weighted by atomic mass is 79.9. The fraction of sp³-hybridized carbons (Fsp3) is 0.600. The Balaban J connectivity index is 2.76. The first-order chi connectivity index (χ1) is 9.58. The Morgan fingerprint density at radius 2 is 2.00 bits per heavy atom. The lowest BCUT2D eigenvalue weighted by atomic mass is 10.1. The van der Waals surface area contributed by atoms with Gasteiger partial charge in [0.15, 0.2) is 11.5 Å². The molecule has 0 atom stereocenters. The molecule has 0 spiro atoms. The van der Waals surface area contributed by atoms with Gasteiger partial charge in [0.05, 0.1) is 17.7 Å². The summed E-state index contributed by atoms with van der Waals surface area (Å²) in [7, 11) is 4.12. The number of rotatable bonds is 9. The standard InChI is InChI=1S/C15H25BrN2O2/c1-4-19-14-11-12(6-7-17)10-13(16)15(14)20-9-5-8-18(2)3/h10-11H,4-9,17H2,1-3H3. The van der Waals surface area contributed by atoms with Crippen LogP contribution in [0.15, 0.2) is 16.6 Å². The molecule has 5 heteroatoms. The van der Waals surface area contributed by atoms with Crippen molar-refractivity contribution in [2.24, 2.45) is 5.73 Å². The molecule has 20 heavy (non-hydrogen) atoms. The molecule has 1 aromatic carbocycles. The lowest BCUT2D eigenvalue weighted by Crippen LogP contribution is -2.15. The fourth-order valence-electron chi connectivity index (χ4n) is 1.89. The SMILES string of the molecule is CCOc1cc(CCN)cc(Br)c1OCCCN(C)C. The molecule has 0 aromatic heterocycles. The normalized spacial score (nSPS) is 10.9. The number of ether oxygens (including phenoxy) is 2. The van der Waals surface area contributed by atoms with Gasteiger partial charge in [0.25, 0.3) is 0 Å². The molecule has 4 nitrogen and oxygen atoms in total. The van der Waals surface area contributed by atoms with Gasteiger partial charge in [0, 0.05) is 6.54 Å². The second-order valence-electron chi connectivity index (χ2n) is 4.88. The van der Waals surface area contributed by atoms with Gasteiger partial charge in [-0.15, -0.1) is 0 Å². The monoisotopic (exact) mass is 344 g/mol. The summed E-state index contributed by atoms with van der Waals surface area (Å²) >= 11 is 3.56. The molecular formula is C15H25BrN2O2. The average Bonchev–Trinajstić information content (AvgIpc) is 2.37. The third-order valence-corrected chi connectivity index (χ3v) is 3.39. The average molecular weight is 345 g/mol. The quantitative estimate of drug-likeness (QED) is 0.699. The largest absolute Gasteiger partial charge is 0.490 e. The van der Waals surface area contributed by atoms with Crippen LogP contribution in [-0.2, 0) is 6.42 Å². The zero-order valence-electron chi connectivity index (χ0n) is 12.6. The molecule has 114 valence electrons. The van der Waals surface area contributed by atoms with E-state index in [0.29, 0.717) is 19.8 Å². The molecule has 0 unspecified atom stereocenters. The second kappa shape index (κ2) is 9.21. The van der Waals surface area contributed by atoms with Crippen LogP contribution in [0.3, 0.4) is 0 Å². The molecule has 0 bridgehead atoms. The molecule has 0 fully saturated rings. The first kappa shape index (κ1) is 17.3. The van der Waals surface area contributed by atoms with Crippen LogP contribution in [0.2, 0.25) is 0 Å². The summed E-state index contributed by atoms with van der Waals surface area (Å²) in [4.78, 5) is 2.15. The van der Waals surface area contributed by atoms with Crippen LogP contribution >= 0.6 is 15.9 Å². The van der Waals surface area contributed by atoms with Crippen LogP contribution in [0.4, 0.5) is 0 Å². The van der Waals surface area contributed by atoms with Gasteiger partial charge >= 0.3 is 0 Å². The maximum Gasteiger partial charge on any atom is 0.175 e. The maximum atomic E-state index is 5.87. The Bertz CT molecular complexity index is 411. The molecule has 0 amide bonds. The molecule has 0 saturated heterocycles. The third kappa shape index (κ3) is 5.69. The van der Waals surface area contributed by atoms with Crippen molar-refractivity contribution in [1.82, 2.24) is 4.90 Å². The summed E-state index contributed by atoms with van der Waals surface area (Å²) in [5, 5.41) is 0. The van der Waals surface area contributed by atoms with E-state index in [-0.39, 0.29) is 0 Å². The first-order valence-corrected chi connectivity index (χ1v) is 7.80. The van der Waals surface area contributed by atoms with Gasteiger partial charge < -0.3 is 20.1 Å². The number of nitrogens with zero attached hydrogens (tertiary/aromatic N) is 1. The van der Waals surface area contributed by atoms with Crippen LogP contribution in [0, 0.1) is 0 Å². The number of halogens is 1. The zero-order chi connectivity index (χ0) is 15.0. The van der Waals surface area contributed by atoms with Gasteiger partial charge in [-0.25, -0.2) is 0 Å². The van der Waals surface area contributed by atoms with Crippen molar-refractivity contribution in [1.29, 1.82) is 0 Å². The Morgan fingerprint density at radius 1 is 1.25 bits per heavy atom. The number of nitrogens with two attached hydrogens (primary N) is 1. The highest BCUT2D eigenvalue weighted by Crippen LogP contribution is 2.37. The summed E-state index contributed by atoms with van der Waals surface area (Å²) in [6, 6.07) is 4.07. The Morgan fingerprint density at radius 3 is 2.60 bits per heavy atom. The molecule has 0 aliphatic rings. The van der Waals surface area contributed by atoms with Crippen molar-refractivity contribution in [3.8, 4) is 11.5 Å². The van der Waals surface area contributed by atoms with Crippen molar-refractivity contribution in [3.05, 3.63) is 22.2 Å². The third-order valence-electron chi connectivity index (χ3n) is 2.80. The van der Waals surface area contributed by atoms with E-state index >= 15 is 0 Å². The molecule has 0 aliphatic heterocycles. The van der Waals surface area contributed by atoms with Crippen LogP contribution in [0.5, 0.6) is 11.5 Å². The second-order valence-corrected chi connectivity index (χ2v) is 5.74. The van der Waals surface area contributed by atoms with Gasteiger partial charge in [-0.3, -0.25) is 0 Å². The van der Waals surface area contributed by atoms with Crippen molar-refractivity contribution in [2.45, 2.75) is 19.8 Å². The number of benzene rings is 1. The Hall–Kier alpha value is -0.780. The molecule has 0 aliphatic carbocycles. The minimum atomic E-state index is 0.618. The van der Waals surface area contributed by atoms with E-state index in [1.807, 2.05) is 13.0 Å². The smallest absolute Gasteiger partial charge is 0.175 e. The van der Waals surface area contributed by atoms with E-state index in [1.54, 1.807) is 0 Å². The van der Waals surface area contributed by atoms with Gasteiger partial charge in [0.1, 0.15) is 0 Å². The van der Waals surface area contributed by atoms with Gasteiger partial charge in [-0.1, -0.05) is 0 Å². The molecule has 1 rings (SSSR count). The molecular weight excluding hydrogens is 320 g/mol. The van der Waals surface area contributed by atoms with Crippen LogP contribution in [0.1, 0.15) is 18.9 Å². The summed E-state index contributed by atoms with van der Waals surface area (Å²) < 4.78 is 12.5. The van der Waals surface area contributed by atoms with Crippen molar-refractivity contribution >= 4 is 15.9 Å². The molecule has 0 heterocycles. The van der Waals surface area contributed by atoms with E-state index in [0.717, 1.165) is 40.9 Å². The van der Waals surface area contributed by atoms with Gasteiger partial charge in [0.2, 0.25) is 0 Å². The van der Waals surface area contributed by atoms with Crippen LogP contribution in [0.25, 0.3) is 0 Å². The minimum absolute atomic E-state index is 0.618. The predicted octanol–water partition coefficient (Wildman–Crippen LogP) is 2.68. The van der Waals surface area contributed by atoms with Gasteiger partial charge in [-0.05, 0) is 74.0 Å². The fourth-order valence-corrected chi connectivity index (χ4v) is 2.49. The number of hydrogen-bond donors (Lipinski definition) is 1. The van der Waals surface area contributed by atoms with E-state index in [4.69, 9.17) is 15.2 Å². The molecule has 0 saturated carbocycles. The minimum Gasteiger partial charge on any atom is -0.490 e. The maximum absolute atomic E-state index is 5.87. The summed E-state index contributed by atoms with van der Waals surface area (Å²) in [6.07, 6.45) is 1.81. The first-order valence-electron chi connectivity index (χ1n) is 7.01. The van der Waals surface area contributed by atoms with Crippen molar-refractivity contribution < 1.29 is 9.47 Å². The predicted molar refractivity (Wildman–Crippen MR) is 86.7 cm³/mol. The topological polar surface area (TPSA) is 47.7 Å². The molecule has 2 N–H and O–H groups in total. The highest BCUT2D eigenvalue weighted by Gasteiger charge is 2.12. The van der Waals surface area contributed by atoms with Gasteiger partial charge in [-0.2, -0.15) is 0 Å². The molecule has 1 aromatic rings. The lowest BCUT2D eigenvalue weighted by Gasteiger charge is -2.16. The molecule has 0 radical (unpaired) electrons. The van der Waals surface area contributed by atoms with E-state index < -0.39 is 0 Å².